The number of hydrogen-bond acceptors (Lipinski definition) is 4. The second-order valence-electron chi connectivity index (χ2n) is 4.96. The number of anilines is 2. The van der Waals surface area contributed by atoms with E-state index < -0.39 is 47.9 Å². The van der Waals surface area contributed by atoms with Crippen molar-refractivity contribution in [1.82, 2.24) is 10.6 Å². The summed E-state index contributed by atoms with van der Waals surface area (Å²) in [6.07, 6.45) is 0.855. The fourth-order valence-corrected chi connectivity index (χ4v) is 2.36. The standard InChI is InChI=1S/C14H9F3N4O4/c1-2-3-20-9-5-8(21-12(23)18-6-19-13(21)24)7(15)4-10(9)25-14(16,17)11(20)22/h1,4-5H,3,6H2,(H,18,23)(H,19,24). The van der Waals surface area contributed by atoms with Gasteiger partial charge in [-0.3, -0.25) is 9.69 Å². The molecule has 1 saturated heterocycles. The molecule has 2 heterocycles. The molecule has 5 amide bonds. The number of rotatable bonds is 2. The quantitative estimate of drug-likeness (QED) is 0.775. The van der Waals surface area contributed by atoms with E-state index in [1.54, 1.807) is 0 Å². The van der Waals surface area contributed by atoms with Crippen molar-refractivity contribution in [1.29, 1.82) is 0 Å². The zero-order valence-corrected chi connectivity index (χ0v) is 12.3. The average molecular weight is 354 g/mol. The van der Waals surface area contributed by atoms with Crippen LogP contribution in [0.4, 0.5) is 34.1 Å². The van der Waals surface area contributed by atoms with Gasteiger partial charge in [0.15, 0.2) is 11.6 Å². The van der Waals surface area contributed by atoms with E-state index in [-0.39, 0.29) is 12.4 Å². The lowest BCUT2D eigenvalue weighted by molar-refractivity contribution is -0.192. The van der Waals surface area contributed by atoms with Gasteiger partial charge in [0.25, 0.3) is 0 Å². The Morgan fingerprint density at radius 1 is 1.20 bits per heavy atom. The third-order valence-corrected chi connectivity index (χ3v) is 3.43. The lowest BCUT2D eigenvalue weighted by atomic mass is 10.1. The van der Waals surface area contributed by atoms with E-state index in [1.165, 1.54) is 0 Å². The minimum absolute atomic E-state index is 0.155. The van der Waals surface area contributed by atoms with Crippen LogP contribution in [0.1, 0.15) is 0 Å². The largest absolute Gasteiger partial charge is 0.483 e. The number of fused-ring (bicyclic) bond motifs is 1. The molecule has 1 aromatic carbocycles. The van der Waals surface area contributed by atoms with Gasteiger partial charge in [0.1, 0.15) is 0 Å². The van der Waals surface area contributed by atoms with Crippen molar-refractivity contribution in [2.45, 2.75) is 6.11 Å². The third kappa shape index (κ3) is 2.57. The summed E-state index contributed by atoms with van der Waals surface area (Å²) < 4.78 is 45.8. The van der Waals surface area contributed by atoms with Crippen molar-refractivity contribution < 1.29 is 32.3 Å². The summed E-state index contributed by atoms with van der Waals surface area (Å²) in [6.45, 7) is -0.702. The van der Waals surface area contributed by atoms with Crippen molar-refractivity contribution in [2.24, 2.45) is 0 Å². The fourth-order valence-electron chi connectivity index (χ4n) is 2.36. The number of nitrogens with zero attached hydrogens (tertiary/aromatic N) is 2. The summed E-state index contributed by atoms with van der Waals surface area (Å²) in [5.41, 5.74) is -0.853. The Morgan fingerprint density at radius 2 is 1.84 bits per heavy atom. The molecule has 0 radical (unpaired) electrons. The van der Waals surface area contributed by atoms with Gasteiger partial charge in [0.2, 0.25) is 0 Å². The molecule has 11 heteroatoms. The van der Waals surface area contributed by atoms with Crippen LogP contribution in [-0.2, 0) is 4.79 Å². The highest BCUT2D eigenvalue weighted by Gasteiger charge is 2.51. The van der Waals surface area contributed by atoms with Crippen LogP contribution in [0.2, 0.25) is 0 Å². The van der Waals surface area contributed by atoms with Crippen LogP contribution in [0.5, 0.6) is 5.75 Å². The maximum Gasteiger partial charge on any atom is 0.483 e. The molecule has 0 atom stereocenters. The topological polar surface area (TPSA) is 91.0 Å². The predicted molar refractivity (Wildman–Crippen MR) is 77.6 cm³/mol. The summed E-state index contributed by atoms with van der Waals surface area (Å²) in [4.78, 5) is 36.4. The van der Waals surface area contributed by atoms with Gasteiger partial charge in [0.05, 0.1) is 24.6 Å². The summed E-state index contributed by atoms with van der Waals surface area (Å²) >= 11 is 0. The van der Waals surface area contributed by atoms with E-state index in [4.69, 9.17) is 6.42 Å². The first kappa shape index (κ1) is 16.4. The van der Waals surface area contributed by atoms with Crippen LogP contribution in [0.25, 0.3) is 0 Å². The smallest absolute Gasteiger partial charge is 0.423 e. The molecule has 8 nitrogen and oxygen atoms in total. The van der Waals surface area contributed by atoms with Gasteiger partial charge in [0, 0.05) is 6.07 Å². The molecule has 0 aliphatic carbocycles. The highest BCUT2D eigenvalue weighted by molar-refractivity contribution is 6.15. The van der Waals surface area contributed by atoms with Crippen LogP contribution in [-0.4, -0.2) is 37.3 Å². The summed E-state index contributed by atoms with van der Waals surface area (Å²) in [6, 6.07) is -0.456. The molecule has 3 rings (SSSR count). The highest BCUT2D eigenvalue weighted by Crippen LogP contribution is 2.42. The number of terminal acetylenes is 1. The lowest BCUT2D eigenvalue weighted by Crippen LogP contribution is -2.58. The van der Waals surface area contributed by atoms with E-state index in [0.717, 1.165) is 6.07 Å². The van der Waals surface area contributed by atoms with Crippen LogP contribution in [0.3, 0.4) is 0 Å². The van der Waals surface area contributed by atoms with Crippen LogP contribution in [0, 0.1) is 18.2 Å². The van der Waals surface area contributed by atoms with E-state index in [0.29, 0.717) is 15.9 Å². The maximum atomic E-state index is 14.3. The van der Waals surface area contributed by atoms with E-state index in [2.05, 4.69) is 15.4 Å². The molecule has 0 spiro atoms. The van der Waals surface area contributed by atoms with Gasteiger partial charge in [-0.2, -0.15) is 8.78 Å². The third-order valence-electron chi connectivity index (χ3n) is 3.43. The number of carbonyl (C=O) groups excluding carboxylic acids is 3. The average Bonchev–Trinajstić information content (AvgIpc) is 2.52. The van der Waals surface area contributed by atoms with Crippen molar-refractivity contribution >= 4 is 29.3 Å². The second-order valence-corrected chi connectivity index (χ2v) is 4.96. The Kier molecular flexibility index (Phi) is 3.67. The highest BCUT2D eigenvalue weighted by atomic mass is 19.3. The molecule has 1 fully saturated rings. The molecule has 130 valence electrons. The van der Waals surface area contributed by atoms with Gasteiger partial charge in [-0.25, -0.2) is 18.9 Å². The number of halogens is 3. The van der Waals surface area contributed by atoms with E-state index in [1.807, 2.05) is 5.92 Å². The van der Waals surface area contributed by atoms with Crippen molar-refractivity contribution in [2.75, 3.05) is 23.0 Å². The Morgan fingerprint density at radius 3 is 2.44 bits per heavy atom. The number of amides is 5. The zero-order valence-electron chi connectivity index (χ0n) is 12.3. The minimum Gasteiger partial charge on any atom is -0.423 e. The zero-order chi connectivity index (χ0) is 18.4. The Balaban J connectivity index is 2.14. The van der Waals surface area contributed by atoms with Gasteiger partial charge >= 0.3 is 24.1 Å². The lowest BCUT2D eigenvalue weighted by Gasteiger charge is -2.34. The second kappa shape index (κ2) is 5.59. The first-order chi connectivity index (χ1) is 11.8. The maximum absolute atomic E-state index is 14.3. The van der Waals surface area contributed by atoms with Crippen LogP contribution < -0.4 is 25.2 Å². The molecule has 1 aromatic rings. The van der Waals surface area contributed by atoms with Crippen molar-refractivity contribution in [3.63, 3.8) is 0 Å². The van der Waals surface area contributed by atoms with Crippen LogP contribution >= 0.6 is 0 Å². The predicted octanol–water partition coefficient (Wildman–Crippen LogP) is 0.974. The van der Waals surface area contributed by atoms with Gasteiger partial charge < -0.3 is 15.4 Å². The molecule has 25 heavy (non-hydrogen) atoms. The normalized spacial score (nSPS) is 18.7. The number of urea groups is 2. The fraction of sp³-hybridized carbons (Fsp3) is 0.214. The molecule has 0 saturated carbocycles. The number of hydrogen-bond donors (Lipinski definition) is 2. The minimum atomic E-state index is -4.22. The monoisotopic (exact) mass is 354 g/mol. The van der Waals surface area contributed by atoms with Gasteiger partial charge in [-0.15, -0.1) is 6.42 Å². The SMILES string of the molecule is C#CCN1C(=O)C(F)(F)Oc2cc(F)c(N3C(=O)NCNC3=O)cc21. The van der Waals surface area contributed by atoms with Gasteiger partial charge in [-0.1, -0.05) is 5.92 Å². The molecular formula is C14H9F3N4O4. The molecule has 0 aromatic heterocycles. The molecular weight excluding hydrogens is 345 g/mol. The number of carbonyl (C=O) groups is 3. The number of imide groups is 1. The number of nitrogens with one attached hydrogen (secondary N) is 2. The number of ether oxygens (including phenoxy) is 1. The first-order valence-corrected chi connectivity index (χ1v) is 6.78. The Hall–Kier alpha value is -3.42. The summed E-state index contributed by atoms with van der Waals surface area (Å²) in [5, 5.41) is 4.50. The van der Waals surface area contributed by atoms with Crippen molar-refractivity contribution in [3.05, 3.63) is 17.9 Å². The molecule has 2 N–H and O–H groups in total. The Labute approximate surface area is 138 Å². The molecule has 2 aliphatic rings. The van der Waals surface area contributed by atoms with E-state index in [9.17, 15) is 27.6 Å². The summed E-state index contributed by atoms with van der Waals surface area (Å²) in [5.74, 6) is -1.56. The van der Waals surface area contributed by atoms with E-state index >= 15 is 0 Å². The molecule has 0 unspecified atom stereocenters. The van der Waals surface area contributed by atoms with Gasteiger partial charge in [-0.05, 0) is 6.07 Å². The van der Waals surface area contributed by atoms with Crippen LogP contribution in [0.15, 0.2) is 12.1 Å². The number of benzene rings is 1. The summed E-state index contributed by atoms with van der Waals surface area (Å²) in [7, 11) is 0. The molecule has 0 bridgehead atoms. The number of alkyl halides is 2. The first-order valence-electron chi connectivity index (χ1n) is 6.78. The molecule has 2 aliphatic heterocycles. The Bertz CT molecular complexity index is 820. The van der Waals surface area contributed by atoms with Crippen molar-refractivity contribution in [3.8, 4) is 18.1 Å².